The predicted molar refractivity (Wildman–Crippen MR) is 74.3 cm³/mol. The number of pyridine rings is 1. The third-order valence-corrected chi connectivity index (χ3v) is 3.26. The van der Waals surface area contributed by atoms with Crippen LogP contribution in [-0.2, 0) is 7.05 Å². The molecule has 0 fully saturated rings. The van der Waals surface area contributed by atoms with Gasteiger partial charge in [-0.25, -0.2) is 4.79 Å². The van der Waals surface area contributed by atoms with E-state index >= 15 is 0 Å². The van der Waals surface area contributed by atoms with Crippen LogP contribution in [0.3, 0.4) is 0 Å². The van der Waals surface area contributed by atoms with Gasteiger partial charge in [0.1, 0.15) is 11.6 Å². The third-order valence-electron chi connectivity index (χ3n) is 3.26. The molecule has 0 bridgehead atoms. The largest absolute Gasteiger partial charge is 0.327 e. The van der Waals surface area contributed by atoms with E-state index in [1.165, 1.54) is 10.6 Å². The average molecular weight is 266 g/mol. The Morgan fingerprint density at radius 3 is 2.75 bits per heavy atom. The second-order valence-corrected chi connectivity index (χ2v) is 4.46. The molecule has 0 saturated heterocycles. The molecular weight excluding hydrogens is 256 g/mol. The van der Waals surface area contributed by atoms with Crippen molar-refractivity contribution in [2.75, 3.05) is 0 Å². The number of H-pyrrole nitrogens is 2. The zero-order valence-electron chi connectivity index (χ0n) is 10.6. The Kier molecular flexibility index (Phi) is 2.54. The van der Waals surface area contributed by atoms with Gasteiger partial charge in [0, 0.05) is 13.2 Å². The van der Waals surface area contributed by atoms with Gasteiger partial charge in [0.05, 0.1) is 11.0 Å². The number of benzene rings is 1. The van der Waals surface area contributed by atoms with Gasteiger partial charge in [-0.05, 0) is 29.3 Å². The first-order chi connectivity index (χ1) is 9.60. The number of nitrogens with zero attached hydrogens (tertiary/aromatic N) is 2. The van der Waals surface area contributed by atoms with Crippen LogP contribution in [0.5, 0.6) is 0 Å². The van der Waals surface area contributed by atoms with Gasteiger partial charge >= 0.3 is 5.69 Å². The fraction of sp³-hybridized carbons (Fsp3) is 0.0714. The number of aryl methyl sites for hydroxylation is 1. The van der Waals surface area contributed by atoms with E-state index in [1.807, 2.05) is 24.3 Å². The van der Waals surface area contributed by atoms with Gasteiger partial charge in [0.2, 0.25) is 0 Å². The van der Waals surface area contributed by atoms with E-state index in [-0.39, 0.29) is 11.3 Å². The van der Waals surface area contributed by atoms with Crippen molar-refractivity contribution in [2.45, 2.75) is 0 Å². The summed E-state index contributed by atoms with van der Waals surface area (Å²) >= 11 is 0. The standard InChI is InChI=1S/C14H10N4O2/c1-18-12-3-2-8(5-11(12)17-14(18)20)10-4-9(6-15)13(19)16-7-10/h2-5,7H,1H3,(H,16,19)(H,17,20). The molecule has 0 spiro atoms. The average Bonchev–Trinajstić information content (AvgIpc) is 2.74. The summed E-state index contributed by atoms with van der Waals surface area (Å²) in [6, 6.07) is 8.85. The highest BCUT2D eigenvalue weighted by Crippen LogP contribution is 2.22. The topological polar surface area (TPSA) is 94.4 Å². The first-order valence-electron chi connectivity index (χ1n) is 5.92. The highest BCUT2D eigenvalue weighted by atomic mass is 16.1. The van der Waals surface area contributed by atoms with E-state index < -0.39 is 5.56 Å². The zero-order chi connectivity index (χ0) is 14.3. The number of hydrogen-bond acceptors (Lipinski definition) is 3. The number of aromatic amines is 2. The quantitative estimate of drug-likeness (QED) is 0.690. The van der Waals surface area contributed by atoms with Crippen molar-refractivity contribution in [1.82, 2.24) is 14.5 Å². The predicted octanol–water partition coefficient (Wildman–Crippen LogP) is 1.09. The molecular formula is C14H10N4O2. The number of nitriles is 1. The van der Waals surface area contributed by atoms with Crippen LogP contribution in [0.25, 0.3) is 22.2 Å². The second kappa shape index (κ2) is 4.24. The van der Waals surface area contributed by atoms with Crippen molar-refractivity contribution >= 4 is 11.0 Å². The van der Waals surface area contributed by atoms with Crippen LogP contribution in [0, 0.1) is 11.3 Å². The van der Waals surface area contributed by atoms with Gasteiger partial charge in [-0.2, -0.15) is 5.26 Å². The number of aromatic nitrogens is 3. The lowest BCUT2D eigenvalue weighted by Gasteiger charge is -2.02. The Bertz CT molecular complexity index is 969. The Labute approximate surface area is 112 Å². The van der Waals surface area contributed by atoms with Crippen LogP contribution in [0.15, 0.2) is 40.1 Å². The zero-order valence-corrected chi connectivity index (χ0v) is 10.6. The van der Waals surface area contributed by atoms with Crippen LogP contribution >= 0.6 is 0 Å². The van der Waals surface area contributed by atoms with Crippen LogP contribution in [0.4, 0.5) is 0 Å². The van der Waals surface area contributed by atoms with Crippen molar-refractivity contribution in [3.8, 4) is 17.2 Å². The van der Waals surface area contributed by atoms with E-state index in [9.17, 15) is 9.59 Å². The molecule has 6 heteroatoms. The maximum absolute atomic E-state index is 11.5. The summed E-state index contributed by atoms with van der Waals surface area (Å²) in [4.78, 5) is 28.2. The molecule has 0 unspecified atom stereocenters. The molecule has 0 aliphatic rings. The molecule has 0 aliphatic heterocycles. The van der Waals surface area contributed by atoms with Gasteiger partial charge in [-0.3, -0.25) is 9.36 Å². The number of hydrogen-bond donors (Lipinski definition) is 2. The third kappa shape index (κ3) is 1.73. The molecule has 0 atom stereocenters. The summed E-state index contributed by atoms with van der Waals surface area (Å²) in [5.41, 5.74) is 2.49. The molecule has 98 valence electrons. The maximum Gasteiger partial charge on any atom is 0.326 e. The van der Waals surface area contributed by atoms with E-state index in [0.29, 0.717) is 11.1 Å². The smallest absolute Gasteiger partial charge is 0.326 e. The SMILES string of the molecule is Cn1c(=O)[nH]c2cc(-c3c[nH]c(=O)c(C#N)c3)ccc21. The maximum atomic E-state index is 11.5. The van der Waals surface area contributed by atoms with Crippen molar-refractivity contribution in [3.05, 3.63) is 56.9 Å². The van der Waals surface area contributed by atoms with Crippen LogP contribution in [0.2, 0.25) is 0 Å². The number of imidazole rings is 1. The van der Waals surface area contributed by atoms with Gasteiger partial charge in [-0.1, -0.05) is 6.07 Å². The fourth-order valence-electron chi connectivity index (χ4n) is 2.15. The minimum atomic E-state index is -0.412. The molecule has 3 rings (SSSR count). The molecule has 2 aromatic heterocycles. The molecule has 0 saturated carbocycles. The fourth-order valence-corrected chi connectivity index (χ4v) is 2.15. The monoisotopic (exact) mass is 266 g/mol. The van der Waals surface area contributed by atoms with E-state index in [4.69, 9.17) is 5.26 Å². The lowest BCUT2D eigenvalue weighted by molar-refractivity contribution is 0.891. The molecule has 0 radical (unpaired) electrons. The van der Waals surface area contributed by atoms with E-state index in [2.05, 4.69) is 9.97 Å². The van der Waals surface area contributed by atoms with Crippen molar-refractivity contribution < 1.29 is 0 Å². The lowest BCUT2D eigenvalue weighted by atomic mass is 10.1. The highest BCUT2D eigenvalue weighted by molar-refractivity contribution is 5.82. The molecule has 20 heavy (non-hydrogen) atoms. The van der Waals surface area contributed by atoms with Gasteiger partial charge in [-0.15, -0.1) is 0 Å². The molecule has 1 aromatic carbocycles. The van der Waals surface area contributed by atoms with E-state index in [1.54, 1.807) is 13.2 Å². The Morgan fingerprint density at radius 2 is 2.00 bits per heavy atom. The first kappa shape index (κ1) is 12.0. The number of fused-ring (bicyclic) bond motifs is 1. The summed E-state index contributed by atoms with van der Waals surface area (Å²) in [5.74, 6) is 0. The normalized spacial score (nSPS) is 10.6. The Morgan fingerprint density at radius 1 is 1.20 bits per heavy atom. The minimum Gasteiger partial charge on any atom is -0.327 e. The van der Waals surface area contributed by atoms with E-state index in [0.717, 1.165) is 11.1 Å². The lowest BCUT2D eigenvalue weighted by Crippen LogP contribution is -2.11. The highest BCUT2D eigenvalue weighted by Gasteiger charge is 2.07. The van der Waals surface area contributed by atoms with Gasteiger partial charge in [0.15, 0.2) is 0 Å². The molecule has 0 aliphatic carbocycles. The Hall–Kier alpha value is -3.07. The van der Waals surface area contributed by atoms with Crippen molar-refractivity contribution in [1.29, 1.82) is 5.26 Å². The van der Waals surface area contributed by atoms with Gasteiger partial charge in [0.25, 0.3) is 5.56 Å². The number of rotatable bonds is 1. The summed E-state index contributed by atoms with van der Waals surface area (Å²) in [5, 5.41) is 8.88. The second-order valence-electron chi connectivity index (χ2n) is 4.46. The number of nitrogens with one attached hydrogen (secondary N) is 2. The van der Waals surface area contributed by atoms with Crippen LogP contribution < -0.4 is 11.2 Å². The first-order valence-corrected chi connectivity index (χ1v) is 5.92. The molecule has 6 nitrogen and oxygen atoms in total. The van der Waals surface area contributed by atoms with Crippen LogP contribution in [-0.4, -0.2) is 14.5 Å². The summed E-state index contributed by atoms with van der Waals surface area (Å²) in [6.07, 6.45) is 1.55. The molecule has 2 N–H and O–H groups in total. The molecule has 0 amide bonds. The summed E-state index contributed by atoms with van der Waals surface area (Å²) < 4.78 is 1.52. The molecule has 2 heterocycles. The van der Waals surface area contributed by atoms with Crippen molar-refractivity contribution in [3.63, 3.8) is 0 Å². The Balaban J connectivity index is 2.23. The van der Waals surface area contributed by atoms with Crippen molar-refractivity contribution in [2.24, 2.45) is 7.05 Å². The summed E-state index contributed by atoms with van der Waals surface area (Å²) in [6.45, 7) is 0. The van der Waals surface area contributed by atoms with Gasteiger partial charge < -0.3 is 9.97 Å². The van der Waals surface area contributed by atoms with Crippen LogP contribution in [0.1, 0.15) is 5.56 Å². The minimum absolute atomic E-state index is 0.0594. The molecule has 3 aromatic rings. The summed E-state index contributed by atoms with van der Waals surface area (Å²) in [7, 11) is 1.69.